The van der Waals surface area contributed by atoms with Crippen LogP contribution >= 0.6 is 0 Å². The summed E-state index contributed by atoms with van der Waals surface area (Å²) in [5, 5.41) is 0. The van der Waals surface area contributed by atoms with Crippen LogP contribution in [-0.2, 0) is 23.8 Å². The number of benzene rings is 3. The number of esters is 4. The van der Waals surface area contributed by atoms with Gasteiger partial charge in [-0.05, 0) is 143 Å². The number of rotatable bonds is 29. The number of hydrogen-bond donors (Lipinski definition) is 0. The van der Waals surface area contributed by atoms with E-state index in [1.807, 2.05) is 0 Å². The summed E-state index contributed by atoms with van der Waals surface area (Å²) >= 11 is 0. The van der Waals surface area contributed by atoms with E-state index in [4.69, 9.17) is 33.2 Å². The minimum Gasteiger partial charge on any atom is -0.494 e. The Kier molecular flexibility index (Phi) is 22.0. The third kappa shape index (κ3) is 18.0. The fourth-order valence-corrected chi connectivity index (χ4v) is 7.01. The van der Waals surface area contributed by atoms with E-state index in [1.165, 1.54) is 32.1 Å². The second-order valence-electron chi connectivity index (χ2n) is 15.5. The highest BCUT2D eigenvalue weighted by Crippen LogP contribution is 2.35. The molecule has 1 aliphatic carbocycles. The maximum atomic E-state index is 13.4. The molecule has 0 radical (unpaired) electrons. The van der Waals surface area contributed by atoms with Gasteiger partial charge in [0.05, 0.1) is 49.7 Å². The zero-order chi connectivity index (χ0) is 44.4. The first kappa shape index (κ1) is 48.8. The molecule has 0 spiro atoms. The first-order valence-corrected chi connectivity index (χ1v) is 22.1. The summed E-state index contributed by atoms with van der Waals surface area (Å²) in [5.74, 6) is 1.26. The zero-order valence-electron chi connectivity index (χ0n) is 36.4. The van der Waals surface area contributed by atoms with E-state index in [1.54, 1.807) is 66.7 Å². The van der Waals surface area contributed by atoms with E-state index in [0.717, 1.165) is 82.3 Å². The van der Waals surface area contributed by atoms with Crippen molar-refractivity contribution >= 4 is 29.6 Å². The van der Waals surface area contributed by atoms with Gasteiger partial charge in [-0.15, -0.1) is 0 Å². The number of unbranched alkanes of at least 4 members (excludes halogenated alkanes) is 7. The summed E-state index contributed by atoms with van der Waals surface area (Å²) in [6.07, 6.45) is 17.6. The van der Waals surface area contributed by atoms with Crippen molar-refractivity contribution in [1.82, 2.24) is 0 Å². The van der Waals surface area contributed by atoms with E-state index >= 15 is 0 Å². The van der Waals surface area contributed by atoms with Crippen molar-refractivity contribution in [3.05, 3.63) is 115 Å². The van der Waals surface area contributed by atoms with Crippen molar-refractivity contribution in [2.24, 2.45) is 11.8 Å². The summed E-state index contributed by atoms with van der Waals surface area (Å²) < 4.78 is 39.6. The van der Waals surface area contributed by atoms with Gasteiger partial charge >= 0.3 is 23.9 Å². The summed E-state index contributed by atoms with van der Waals surface area (Å²) in [5.41, 5.74) is 1.07. The van der Waals surface area contributed by atoms with Gasteiger partial charge in [-0.1, -0.05) is 58.8 Å². The number of hydrogen-bond acceptors (Lipinski definition) is 11. The van der Waals surface area contributed by atoms with Gasteiger partial charge in [-0.3, -0.25) is 0 Å². The molecule has 0 N–H and O–H groups in total. The maximum Gasteiger partial charge on any atom is 0.343 e. The van der Waals surface area contributed by atoms with Crippen molar-refractivity contribution in [2.45, 2.75) is 103 Å². The van der Waals surface area contributed by atoms with Crippen LogP contribution < -0.4 is 18.9 Å². The predicted molar refractivity (Wildman–Crippen MR) is 239 cm³/mol. The molecule has 3 aromatic carbocycles. The standard InChI is InChI=1S/C51H64O11/c1-5-8-17-39-18-20-40(21-19-39)37-60-38(4)46-36-45(61-50(54)41-22-26-43(27-23-41)56-32-13-9-11-15-34-58-48(52)6-2)30-31-47(46)62-51(55)42-24-28-44(29-25-42)57-33-14-10-12-16-35-59-49(53)7-3/h6-7,22-31,36,39-40H,2-5,8-21,32-35,37H2,1H3. The molecule has 1 aliphatic rings. The van der Waals surface area contributed by atoms with E-state index in [2.05, 4.69) is 26.7 Å². The Balaban J connectivity index is 1.32. The van der Waals surface area contributed by atoms with Crippen LogP contribution in [0.5, 0.6) is 23.0 Å². The zero-order valence-corrected chi connectivity index (χ0v) is 36.4. The molecule has 0 unspecified atom stereocenters. The summed E-state index contributed by atoms with van der Waals surface area (Å²) in [6, 6.07) is 18.2. The Morgan fingerprint density at radius 1 is 0.565 bits per heavy atom. The average molecular weight is 853 g/mol. The summed E-state index contributed by atoms with van der Waals surface area (Å²) in [7, 11) is 0. The second-order valence-corrected chi connectivity index (χ2v) is 15.5. The Labute approximate surface area is 367 Å². The molecular weight excluding hydrogens is 789 g/mol. The van der Waals surface area contributed by atoms with Crippen LogP contribution in [-0.4, -0.2) is 56.9 Å². The molecule has 0 aliphatic heterocycles. The van der Waals surface area contributed by atoms with Crippen molar-refractivity contribution < 1.29 is 52.3 Å². The lowest BCUT2D eigenvalue weighted by atomic mass is 9.80. The van der Waals surface area contributed by atoms with Gasteiger partial charge in [0.1, 0.15) is 28.8 Å². The molecule has 4 rings (SSSR count). The molecule has 0 heterocycles. The molecule has 0 atom stereocenters. The quantitative estimate of drug-likeness (QED) is 0.0217. The fourth-order valence-electron chi connectivity index (χ4n) is 7.01. The van der Waals surface area contributed by atoms with Crippen molar-refractivity contribution in [1.29, 1.82) is 0 Å². The molecule has 1 saturated carbocycles. The monoisotopic (exact) mass is 852 g/mol. The molecule has 3 aromatic rings. The molecule has 11 nitrogen and oxygen atoms in total. The SMILES string of the molecule is C=CC(=O)OCCCCCCOc1ccc(C(=O)Oc2ccc(OC(=O)c3ccc(OCCCCCCOC(=O)C=C)cc3)c(C(=C)OCC3CCC(CCCC)CC3)c2)cc1. The van der Waals surface area contributed by atoms with Crippen LogP contribution in [0.1, 0.15) is 130 Å². The van der Waals surface area contributed by atoms with Crippen LogP contribution in [0.4, 0.5) is 0 Å². The largest absolute Gasteiger partial charge is 0.494 e. The van der Waals surface area contributed by atoms with E-state index in [0.29, 0.717) is 72.9 Å². The molecule has 0 aromatic heterocycles. The smallest absolute Gasteiger partial charge is 0.343 e. The third-order valence-corrected chi connectivity index (χ3v) is 10.7. The molecule has 11 heteroatoms. The first-order chi connectivity index (χ1) is 30.2. The maximum absolute atomic E-state index is 13.4. The Hall–Kier alpha value is -5.84. The van der Waals surface area contributed by atoms with Crippen molar-refractivity contribution in [2.75, 3.05) is 33.0 Å². The third-order valence-electron chi connectivity index (χ3n) is 10.7. The second kappa shape index (κ2) is 27.9. The Morgan fingerprint density at radius 3 is 1.53 bits per heavy atom. The fraction of sp³-hybridized carbons (Fsp3) is 0.451. The van der Waals surface area contributed by atoms with Crippen LogP contribution in [0.3, 0.4) is 0 Å². The van der Waals surface area contributed by atoms with Crippen molar-refractivity contribution in [3.8, 4) is 23.0 Å². The van der Waals surface area contributed by atoms with Crippen LogP contribution in [0, 0.1) is 11.8 Å². The lowest BCUT2D eigenvalue weighted by Crippen LogP contribution is -2.18. The van der Waals surface area contributed by atoms with Gasteiger partial charge in [0.25, 0.3) is 0 Å². The number of carbonyl (C=O) groups is 4. The molecule has 334 valence electrons. The molecule has 1 fully saturated rings. The van der Waals surface area contributed by atoms with Crippen LogP contribution in [0.2, 0.25) is 0 Å². The normalized spacial score (nSPS) is 14.5. The Bertz CT molecular complexity index is 1870. The van der Waals surface area contributed by atoms with E-state index in [9.17, 15) is 19.2 Å². The number of ether oxygens (including phenoxy) is 7. The topological polar surface area (TPSA) is 133 Å². The highest BCUT2D eigenvalue weighted by molar-refractivity contribution is 5.93. The van der Waals surface area contributed by atoms with Gasteiger partial charge in [0, 0.05) is 12.2 Å². The first-order valence-electron chi connectivity index (χ1n) is 22.1. The van der Waals surface area contributed by atoms with Crippen molar-refractivity contribution in [3.63, 3.8) is 0 Å². The highest BCUT2D eigenvalue weighted by atomic mass is 16.5. The van der Waals surface area contributed by atoms with Crippen LogP contribution in [0.25, 0.3) is 5.76 Å². The van der Waals surface area contributed by atoms with Gasteiger partial charge in [-0.2, -0.15) is 0 Å². The van der Waals surface area contributed by atoms with Gasteiger partial charge in [-0.25, -0.2) is 19.2 Å². The lowest BCUT2D eigenvalue weighted by Gasteiger charge is -2.28. The minimum absolute atomic E-state index is 0.222. The Morgan fingerprint density at radius 2 is 1.03 bits per heavy atom. The number of carbonyl (C=O) groups excluding carboxylic acids is 4. The minimum atomic E-state index is -0.577. The van der Waals surface area contributed by atoms with E-state index < -0.39 is 23.9 Å². The molecular formula is C51H64O11. The summed E-state index contributed by atoms with van der Waals surface area (Å²) in [4.78, 5) is 48.9. The van der Waals surface area contributed by atoms with E-state index in [-0.39, 0.29) is 11.5 Å². The average Bonchev–Trinajstić information content (AvgIpc) is 3.30. The van der Waals surface area contributed by atoms with Gasteiger partial charge < -0.3 is 33.2 Å². The molecule has 0 saturated heterocycles. The molecule has 0 amide bonds. The highest BCUT2D eigenvalue weighted by Gasteiger charge is 2.23. The molecule has 62 heavy (non-hydrogen) atoms. The van der Waals surface area contributed by atoms with Crippen LogP contribution in [0.15, 0.2) is 98.6 Å². The van der Waals surface area contributed by atoms with Gasteiger partial charge in [0.2, 0.25) is 0 Å². The van der Waals surface area contributed by atoms with Gasteiger partial charge in [0.15, 0.2) is 0 Å². The summed E-state index contributed by atoms with van der Waals surface area (Å²) in [6.45, 7) is 15.5. The predicted octanol–water partition coefficient (Wildman–Crippen LogP) is 11.4. The lowest BCUT2D eigenvalue weighted by molar-refractivity contribution is -0.138. The molecule has 0 bridgehead atoms.